The number of imidazole rings is 1. The van der Waals surface area contributed by atoms with Crippen molar-refractivity contribution in [3.05, 3.63) is 77.6 Å². The summed E-state index contributed by atoms with van der Waals surface area (Å²) >= 11 is 0. The number of halogens is 1. The van der Waals surface area contributed by atoms with Crippen LogP contribution >= 0.6 is 0 Å². The zero-order valence-electron chi connectivity index (χ0n) is 18.4. The van der Waals surface area contributed by atoms with E-state index in [4.69, 9.17) is 9.47 Å². The standard InChI is InChI=1S/C24H25FN4O3/c1-15-12-28(14-27-15)20-6-5-18(9-21(20)31-4)10-22-24(30)29(13-16(2)32-22)17(3)19-7-8-26-23(25)11-19/h5-12,14,16-17H,13H2,1-4H3/t16-,17-/m0/s1. The Labute approximate surface area is 186 Å². The van der Waals surface area contributed by atoms with Crippen molar-refractivity contribution in [3.8, 4) is 11.4 Å². The van der Waals surface area contributed by atoms with E-state index in [0.717, 1.165) is 16.9 Å². The van der Waals surface area contributed by atoms with Gasteiger partial charge in [-0.1, -0.05) is 6.07 Å². The molecule has 0 N–H and O–H groups in total. The van der Waals surface area contributed by atoms with Gasteiger partial charge < -0.3 is 18.9 Å². The Kier molecular flexibility index (Phi) is 5.94. The predicted molar refractivity (Wildman–Crippen MR) is 118 cm³/mol. The number of rotatable bonds is 5. The number of aromatic nitrogens is 3. The highest BCUT2D eigenvalue weighted by Crippen LogP contribution is 2.30. The maximum Gasteiger partial charge on any atom is 0.289 e. The van der Waals surface area contributed by atoms with Crippen LogP contribution in [0, 0.1) is 12.9 Å². The first-order valence-corrected chi connectivity index (χ1v) is 10.4. The molecule has 1 saturated heterocycles. The number of hydrogen-bond acceptors (Lipinski definition) is 5. The van der Waals surface area contributed by atoms with Crippen molar-refractivity contribution in [1.82, 2.24) is 19.4 Å². The van der Waals surface area contributed by atoms with Crippen molar-refractivity contribution in [1.29, 1.82) is 0 Å². The smallest absolute Gasteiger partial charge is 0.289 e. The minimum Gasteiger partial charge on any atom is -0.495 e. The highest BCUT2D eigenvalue weighted by atomic mass is 19.1. The minimum absolute atomic E-state index is 0.205. The molecule has 1 aliphatic heterocycles. The molecule has 3 aromatic rings. The quantitative estimate of drug-likeness (QED) is 0.445. The molecule has 166 valence electrons. The molecule has 1 aliphatic rings. The van der Waals surface area contributed by atoms with E-state index < -0.39 is 5.95 Å². The second-order valence-electron chi connectivity index (χ2n) is 7.84. The molecule has 1 fully saturated rings. The summed E-state index contributed by atoms with van der Waals surface area (Å²) in [4.78, 5) is 22.7. The first-order chi connectivity index (χ1) is 15.4. The fourth-order valence-electron chi connectivity index (χ4n) is 3.79. The Morgan fingerprint density at radius 2 is 2.09 bits per heavy atom. The van der Waals surface area contributed by atoms with E-state index in [1.807, 2.05) is 49.7 Å². The molecular formula is C24H25FN4O3. The number of nitrogens with zero attached hydrogens (tertiary/aromatic N) is 4. The number of hydrogen-bond donors (Lipinski definition) is 0. The summed E-state index contributed by atoms with van der Waals surface area (Å²) in [6, 6.07) is 8.39. The lowest BCUT2D eigenvalue weighted by atomic mass is 10.1. The lowest BCUT2D eigenvalue weighted by molar-refractivity contribution is -0.141. The zero-order valence-corrected chi connectivity index (χ0v) is 18.4. The number of pyridine rings is 1. The van der Waals surface area contributed by atoms with Crippen LogP contribution in [0.3, 0.4) is 0 Å². The molecule has 8 heteroatoms. The van der Waals surface area contributed by atoms with Crippen LogP contribution < -0.4 is 4.74 Å². The fraction of sp³-hybridized carbons (Fsp3) is 0.292. The molecule has 0 spiro atoms. The SMILES string of the molecule is COc1cc(C=C2O[C@@H](C)CN([C@@H](C)c3ccnc(F)c3)C2=O)ccc1-n1cnc(C)c1. The third-order valence-electron chi connectivity index (χ3n) is 5.45. The summed E-state index contributed by atoms with van der Waals surface area (Å²) in [6.07, 6.45) is 6.54. The molecule has 0 unspecified atom stereocenters. The summed E-state index contributed by atoms with van der Waals surface area (Å²) in [6.45, 7) is 6.09. The molecule has 7 nitrogen and oxygen atoms in total. The summed E-state index contributed by atoms with van der Waals surface area (Å²) in [7, 11) is 1.60. The average molecular weight is 436 g/mol. The van der Waals surface area contributed by atoms with Crippen LogP contribution in [-0.4, -0.2) is 45.1 Å². The average Bonchev–Trinajstić information content (AvgIpc) is 3.21. The normalized spacial score (nSPS) is 18.5. The number of morpholine rings is 1. The summed E-state index contributed by atoms with van der Waals surface area (Å²) in [5, 5.41) is 0. The Balaban J connectivity index is 1.63. The van der Waals surface area contributed by atoms with Gasteiger partial charge in [0.05, 0.1) is 37.4 Å². The van der Waals surface area contributed by atoms with Crippen molar-refractivity contribution in [2.45, 2.75) is 32.9 Å². The molecule has 2 aromatic heterocycles. The van der Waals surface area contributed by atoms with Gasteiger partial charge in [-0.15, -0.1) is 0 Å². The number of methoxy groups -OCH3 is 1. The molecule has 3 heterocycles. The second kappa shape index (κ2) is 8.82. The van der Waals surface area contributed by atoms with Crippen LogP contribution in [-0.2, 0) is 9.53 Å². The van der Waals surface area contributed by atoms with Crippen molar-refractivity contribution < 1.29 is 18.7 Å². The van der Waals surface area contributed by atoms with E-state index >= 15 is 0 Å². The topological polar surface area (TPSA) is 69.5 Å². The van der Waals surface area contributed by atoms with Gasteiger partial charge in [-0.25, -0.2) is 9.97 Å². The third kappa shape index (κ3) is 4.34. The van der Waals surface area contributed by atoms with Gasteiger partial charge in [0.25, 0.3) is 5.91 Å². The highest BCUT2D eigenvalue weighted by Gasteiger charge is 2.33. The molecule has 2 atom stereocenters. The fourth-order valence-corrected chi connectivity index (χ4v) is 3.79. The summed E-state index contributed by atoms with van der Waals surface area (Å²) in [5.74, 6) is 0.0594. The van der Waals surface area contributed by atoms with Crippen molar-refractivity contribution in [2.75, 3.05) is 13.7 Å². The second-order valence-corrected chi connectivity index (χ2v) is 7.84. The van der Waals surface area contributed by atoms with Crippen LogP contribution in [0.25, 0.3) is 11.8 Å². The maximum atomic E-state index is 13.6. The number of aryl methyl sites for hydroxylation is 1. The number of carbonyl (C=O) groups excluding carboxylic acids is 1. The van der Waals surface area contributed by atoms with E-state index in [2.05, 4.69) is 9.97 Å². The molecule has 0 saturated carbocycles. The first kappa shape index (κ1) is 21.5. The molecule has 32 heavy (non-hydrogen) atoms. The van der Waals surface area contributed by atoms with Gasteiger partial charge in [-0.3, -0.25) is 4.79 Å². The van der Waals surface area contributed by atoms with Crippen molar-refractivity contribution >= 4 is 12.0 Å². The Morgan fingerprint density at radius 1 is 1.28 bits per heavy atom. The van der Waals surface area contributed by atoms with Crippen LogP contribution in [0.4, 0.5) is 4.39 Å². The van der Waals surface area contributed by atoms with E-state index in [0.29, 0.717) is 17.9 Å². The van der Waals surface area contributed by atoms with E-state index in [9.17, 15) is 9.18 Å². The van der Waals surface area contributed by atoms with Gasteiger partial charge in [0.2, 0.25) is 5.95 Å². The van der Waals surface area contributed by atoms with Gasteiger partial charge in [0.1, 0.15) is 11.9 Å². The van der Waals surface area contributed by atoms with Gasteiger partial charge in [-0.2, -0.15) is 4.39 Å². The van der Waals surface area contributed by atoms with Crippen LogP contribution in [0.1, 0.15) is 36.7 Å². The van der Waals surface area contributed by atoms with Crippen molar-refractivity contribution in [2.24, 2.45) is 0 Å². The third-order valence-corrected chi connectivity index (χ3v) is 5.45. The molecule has 0 aliphatic carbocycles. The lowest BCUT2D eigenvalue weighted by Gasteiger charge is -2.37. The maximum absolute atomic E-state index is 13.6. The van der Waals surface area contributed by atoms with Gasteiger partial charge in [0, 0.05) is 12.4 Å². The highest BCUT2D eigenvalue weighted by molar-refractivity contribution is 5.96. The largest absolute Gasteiger partial charge is 0.495 e. The predicted octanol–water partition coefficient (Wildman–Crippen LogP) is 4.07. The monoisotopic (exact) mass is 436 g/mol. The van der Waals surface area contributed by atoms with E-state index in [1.54, 1.807) is 30.5 Å². The van der Waals surface area contributed by atoms with Crippen LogP contribution in [0.5, 0.6) is 5.75 Å². The molecular weight excluding hydrogens is 411 g/mol. The Bertz CT molecular complexity index is 1170. The molecule has 1 aromatic carbocycles. The van der Waals surface area contributed by atoms with Gasteiger partial charge >= 0.3 is 0 Å². The summed E-state index contributed by atoms with van der Waals surface area (Å²) < 4.78 is 26.9. The molecule has 0 bridgehead atoms. The number of benzene rings is 1. The van der Waals surface area contributed by atoms with Crippen LogP contribution in [0.15, 0.2) is 54.8 Å². The number of amides is 1. The number of ether oxygens (including phenoxy) is 2. The van der Waals surface area contributed by atoms with Crippen LogP contribution in [0.2, 0.25) is 0 Å². The van der Waals surface area contributed by atoms with Crippen molar-refractivity contribution in [3.63, 3.8) is 0 Å². The minimum atomic E-state index is -0.570. The zero-order chi connectivity index (χ0) is 22.8. The number of carbonyl (C=O) groups is 1. The molecule has 4 rings (SSSR count). The molecule has 0 radical (unpaired) electrons. The Hall–Kier alpha value is -3.68. The van der Waals surface area contributed by atoms with Gasteiger partial charge in [-0.05, 0) is 62.2 Å². The first-order valence-electron chi connectivity index (χ1n) is 10.4. The lowest BCUT2D eigenvalue weighted by Crippen LogP contribution is -2.45. The summed E-state index contributed by atoms with van der Waals surface area (Å²) in [5.41, 5.74) is 3.19. The van der Waals surface area contributed by atoms with E-state index in [1.165, 1.54) is 12.3 Å². The molecule has 1 amide bonds. The van der Waals surface area contributed by atoms with Gasteiger partial charge in [0.15, 0.2) is 5.76 Å². The van der Waals surface area contributed by atoms with E-state index in [-0.39, 0.29) is 23.8 Å². The Morgan fingerprint density at radius 3 is 2.78 bits per heavy atom.